The molecule has 1 aliphatic heterocycles. The van der Waals surface area contributed by atoms with E-state index in [1.54, 1.807) is 60.7 Å². The van der Waals surface area contributed by atoms with Gasteiger partial charge < -0.3 is 29.2 Å². The number of esters is 1. The molecule has 7 atom stereocenters. The molecular formula is C22H26O7. The normalized spacial score (nSPS) is 32.6. The highest BCUT2D eigenvalue weighted by atomic mass is 16.7. The van der Waals surface area contributed by atoms with Gasteiger partial charge in [-0.3, -0.25) is 0 Å². The molecule has 1 fully saturated rings. The number of carbonyl (C=O) groups is 1. The Morgan fingerprint density at radius 3 is 2.00 bits per heavy atom. The standard InChI is InChI=1S/C22H26O7/c1-22(25)20(23)18(28-14-16-11-7-4-8-12-16)17(19(29-22)21(24)26-2)27-13-15-9-5-3-6-10-15/h3-12,17-20,23,25H,13-14H2,1-2H3/t17-,18-,19-,20+,22?/m0/s1/i13D,14D/t13?,14?,17-,18-,19-,20+,22?. The van der Waals surface area contributed by atoms with Gasteiger partial charge in [0.25, 0.3) is 0 Å². The molecule has 0 aliphatic carbocycles. The number of methoxy groups -OCH3 is 1. The van der Waals surface area contributed by atoms with Gasteiger partial charge in [0, 0.05) is 0 Å². The molecule has 1 heterocycles. The SMILES string of the molecule is [2H]C(O[C@H]1[C@H](OC([2H])c2ccccc2)[C@@H](O)C(C)(O)O[C@@H]1C(=O)OC)c1ccccc1. The van der Waals surface area contributed by atoms with Gasteiger partial charge in [-0.15, -0.1) is 0 Å². The summed E-state index contributed by atoms with van der Waals surface area (Å²) in [4.78, 5) is 12.4. The third-order valence-electron chi connectivity index (χ3n) is 4.60. The molecule has 0 aromatic heterocycles. The first-order valence-corrected chi connectivity index (χ1v) is 9.16. The fraction of sp³-hybridized carbons (Fsp3) is 0.409. The van der Waals surface area contributed by atoms with Crippen LogP contribution in [0.1, 0.15) is 20.8 Å². The van der Waals surface area contributed by atoms with Gasteiger partial charge in [0.2, 0.25) is 0 Å². The van der Waals surface area contributed by atoms with Crippen molar-refractivity contribution in [2.24, 2.45) is 0 Å². The van der Waals surface area contributed by atoms with E-state index in [4.69, 9.17) is 21.7 Å². The minimum absolute atomic E-state index is 0.500. The summed E-state index contributed by atoms with van der Waals surface area (Å²) < 4.78 is 38.4. The second kappa shape index (κ2) is 9.47. The van der Waals surface area contributed by atoms with E-state index in [1.807, 2.05) is 0 Å². The van der Waals surface area contributed by atoms with Crippen LogP contribution in [0.4, 0.5) is 0 Å². The van der Waals surface area contributed by atoms with E-state index in [0.29, 0.717) is 11.1 Å². The maximum absolute atomic E-state index is 12.4. The van der Waals surface area contributed by atoms with E-state index in [1.165, 1.54) is 6.92 Å². The van der Waals surface area contributed by atoms with Gasteiger partial charge in [-0.1, -0.05) is 60.7 Å². The fourth-order valence-corrected chi connectivity index (χ4v) is 3.03. The van der Waals surface area contributed by atoms with E-state index >= 15 is 0 Å². The Bertz CT molecular complexity index is 849. The first kappa shape index (κ1) is 18.7. The van der Waals surface area contributed by atoms with Gasteiger partial charge in [-0.2, -0.15) is 0 Å². The van der Waals surface area contributed by atoms with Gasteiger partial charge in [-0.25, -0.2) is 4.79 Å². The molecule has 0 spiro atoms. The number of benzene rings is 2. The Labute approximate surface area is 172 Å². The summed E-state index contributed by atoms with van der Waals surface area (Å²) in [6.45, 7) is -1.32. The molecule has 3 unspecified atom stereocenters. The van der Waals surface area contributed by atoms with Crippen molar-refractivity contribution in [2.45, 2.75) is 50.3 Å². The number of aliphatic hydroxyl groups is 2. The molecule has 2 aromatic rings. The lowest BCUT2D eigenvalue weighted by Gasteiger charge is -2.46. The van der Waals surface area contributed by atoms with E-state index in [-0.39, 0.29) is 0 Å². The third-order valence-corrected chi connectivity index (χ3v) is 4.60. The van der Waals surface area contributed by atoms with E-state index in [9.17, 15) is 15.0 Å². The Balaban J connectivity index is 1.93. The number of hydrogen-bond donors (Lipinski definition) is 2. The van der Waals surface area contributed by atoms with E-state index < -0.39 is 49.3 Å². The van der Waals surface area contributed by atoms with Crippen molar-refractivity contribution < 1.29 is 36.7 Å². The van der Waals surface area contributed by atoms with Crippen molar-refractivity contribution in [1.29, 1.82) is 0 Å². The molecule has 0 saturated carbocycles. The zero-order chi connectivity index (χ0) is 22.6. The van der Waals surface area contributed by atoms with Crippen molar-refractivity contribution in [2.75, 3.05) is 7.11 Å². The van der Waals surface area contributed by atoms with Crippen LogP contribution in [0.15, 0.2) is 60.7 Å². The van der Waals surface area contributed by atoms with Crippen LogP contribution < -0.4 is 0 Å². The van der Waals surface area contributed by atoms with Crippen LogP contribution in [0.25, 0.3) is 0 Å². The van der Waals surface area contributed by atoms with Gasteiger partial charge in [0.05, 0.1) is 23.0 Å². The molecule has 1 saturated heterocycles. The van der Waals surface area contributed by atoms with Crippen LogP contribution in [-0.2, 0) is 36.9 Å². The predicted molar refractivity (Wildman–Crippen MR) is 104 cm³/mol. The Kier molecular flexibility index (Phi) is 6.11. The molecule has 2 aromatic carbocycles. The monoisotopic (exact) mass is 404 g/mol. The molecule has 0 amide bonds. The molecule has 1 aliphatic rings. The van der Waals surface area contributed by atoms with Crippen LogP contribution in [0.3, 0.4) is 0 Å². The largest absolute Gasteiger partial charge is 0.467 e. The van der Waals surface area contributed by atoms with Crippen LogP contribution in [0.5, 0.6) is 0 Å². The Morgan fingerprint density at radius 2 is 1.52 bits per heavy atom. The molecule has 3 rings (SSSR count). The topological polar surface area (TPSA) is 94.5 Å². The summed E-state index contributed by atoms with van der Waals surface area (Å²) in [6.07, 6.45) is -5.86. The first-order valence-electron chi connectivity index (χ1n) is 10.3. The summed E-state index contributed by atoms with van der Waals surface area (Å²) >= 11 is 0. The molecule has 156 valence electrons. The third kappa shape index (κ3) is 5.20. The number of rotatable bonds is 7. The molecule has 7 heteroatoms. The molecule has 7 nitrogen and oxygen atoms in total. The highest BCUT2D eigenvalue weighted by Gasteiger charge is 2.55. The number of carbonyl (C=O) groups excluding carboxylic acids is 1. The first-order chi connectivity index (χ1) is 14.7. The highest BCUT2D eigenvalue weighted by molar-refractivity contribution is 5.75. The fourth-order valence-electron chi connectivity index (χ4n) is 3.03. The lowest BCUT2D eigenvalue weighted by atomic mass is 9.92. The maximum atomic E-state index is 12.4. The zero-order valence-electron chi connectivity index (χ0n) is 18.2. The minimum atomic E-state index is -2.18. The molecular weight excluding hydrogens is 376 g/mol. The number of hydrogen-bond acceptors (Lipinski definition) is 7. The summed E-state index contributed by atoms with van der Waals surface area (Å²) in [5.74, 6) is -3.04. The van der Waals surface area contributed by atoms with E-state index in [2.05, 4.69) is 0 Å². The van der Waals surface area contributed by atoms with Gasteiger partial charge in [-0.05, 0) is 18.1 Å². The van der Waals surface area contributed by atoms with Crippen LogP contribution in [0, 0.1) is 0 Å². The van der Waals surface area contributed by atoms with Gasteiger partial charge >= 0.3 is 5.97 Å². The molecule has 0 radical (unpaired) electrons. The second-order valence-electron chi connectivity index (χ2n) is 6.82. The van der Waals surface area contributed by atoms with Crippen molar-refractivity contribution in [3.63, 3.8) is 0 Å². The average molecular weight is 404 g/mol. The lowest BCUT2D eigenvalue weighted by Crippen LogP contribution is -2.66. The zero-order valence-corrected chi connectivity index (χ0v) is 16.2. The average Bonchev–Trinajstić information content (AvgIpc) is 2.79. The van der Waals surface area contributed by atoms with Crippen LogP contribution >= 0.6 is 0 Å². The van der Waals surface area contributed by atoms with Gasteiger partial charge in [0.1, 0.15) is 18.3 Å². The van der Waals surface area contributed by atoms with E-state index in [0.717, 1.165) is 7.11 Å². The quantitative estimate of drug-likeness (QED) is 0.680. The Hall–Kier alpha value is -2.29. The van der Waals surface area contributed by atoms with Crippen molar-refractivity contribution in [3.05, 3.63) is 71.8 Å². The molecule has 0 bridgehead atoms. The highest BCUT2D eigenvalue weighted by Crippen LogP contribution is 2.33. The second-order valence-corrected chi connectivity index (χ2v) is 6.82. The summed E-state index contributed by atoms with van der Waals surface area (Å²) in [7, 11) is 1.14. The number of ether oxygens (including phenoxy) is 4. The smallest absolute Gasteiger partial charge is 0.337 e. The molecule has 2 N–H and O–H groups in total. The van der Waals surface area contributed by atoms with Crippen LogP contribution in [0.2, 0.25) is 0 Å². The van der Waals surface area contributed by atoms with Crippen molar-refractivity contribution in [3.8, 4) is 0 Å². The summed E-state index contributed by atoms with van der Waals surface area (Å²) in [6, 6.07) is 17.2. The summed E-state index contributed by atoms with van der Waals surface area (Å²) in [5, 5.41) is 21.3. The van der Waals surface area contributed by atoms with Crippen molar-refractivity contribution >= 4 is 5.97 Å². The predicted octanol–water partition coefficient (Wildman–Crippen LogP) is 1.80. The van der Waals surface area contributed by atoms with Crippen molar-refractivity contribution in [1.82, 2.24) is 0 Å². The summed E-state index contributed by atoms with van der Waals surface area (Å²) in [5.41, 5.74) is 1.00. The maximum Gasteiger partial charge on any atom is 0.337 e. The van der Waals surface area contributed by atoms with Crippen LogP contribution in [-0.4, -0.2) is 53.5 Å². The minimum Gasteiger partial charge on any atom is -0.467 e. The number of aliphatic hydroxyl groups excluding tert-OH is 1. The lowest BCUT2D eigenvalue weighted by molar-refractivity contribution is -0.345. The molecule has 29 heavy (non-hydrogen) atoms. The van der Waals surface area contributed by atoms with Gasteiger partial charge in [0.15, 0.2) is 11.9 Å². The Morgan fingerprint density at radius 1 is 1.03 bits per heavy atom.